The Morgan fingerprint density at radius 2 is 1.95 bits per heavy atom. The van der Waals surface area contributed by atoms with Crippen LogP contribution in [0.3, 0.4) is 0 Å². The highest BCUT2D eigenvalue weighted by Crippen LogP contribution is 2.19. The van der Waals surface area contributed by atoms with Crippen LogP contribution in [-0.2, 0) is 0 Å². The zero-order valence-electron chi connectivity index (χ0n) is 11.0. The lowest BCUT2D eigenvalue weighted by Crippen LogP contribution is -2.09. The molecule has 102 valence electrons. The molecule has 0 saturated heterocycles. The fraction of sp³-hybridized carbons (Fsp3) is 0.188. The Morgan fingerprint density at radius 1 is 1.25 bits per heavy atom. The monoisotopic (exact) mass is 271 g/mol. The van der Waals surface area contributed by atoms with Gasteiger partial charge >= 0.3 is 0 Å². The molecular weight excluding hydrogens is 257 g/mol. The van der Waals surface area contributed by atoms with Crippen LogP contribution < -0.4 is 4.74 Å². The molecule has 0 aliphatic rings. The number of halogens is 1. The van der Waals surface area contributed by atoms with Crippen LogP contribution in [0.25, 0.3) is 0 Å². The van der Waals surface area contributed by atoms with Crippen LogP contribution in [0.15, 0.2) is 42.5 Å². The number of nitrogens with zero attached hydrogens (tertiary/aromatic N) is 1. The minimum atomic E-state index is -0.783. The van der Waals surface area contributed by atoms with Gasteiger partial charge in [-0.15, -0.1) is 0 Å². The zero-order valence-corrected chi connectivity index (χ0v) is 11.0. The van der Waals surface area contributed by atoms with Gasteiger partial charge in [-0.3, -0.25) is 0 Å². The second kappa shape index (κ2) is 6.18. The van der Waals surface area contributed by atoms with Crippen LogP contribution in [0.1, 0.15) is 22.8 Å². The molecule has 0 radical (unpaired) electrons. The maximum absolute atomic E-state index is 13.4. The summed E-state index contributed by atoms with van der Waals surface area (Å²) < 4.78 is 18.7. The van der Waals surface area contributed by atoms with Crippen LogP contribution in [0.2, 0.25) is 0 Å². The number of ether oxygens (including phenoxy) is 1. The predicted molar refractivity (Wildman–Crippen MR) is 72.7 cm³/mol. The van der Waals surface area contributed by atoms with Gasteiger partial charge in [-0.1, -0.05) is 29.8 Å². The van der Waals surface area contributed by atoms with E-state index in [-0.39, 0.29) is 17.9 Å². The molecule has 3 nitrogen and oxygen atoms in total. The Labute approximate surface area is 116 Å². The Morgan fingerprint density at radius 3 is 2.55 bits per heavy atom. The van der Waals surface area contributed by atoms with E-state index in [1.165, 1.54) is 12.1 Å². The second-order valence-electron chi connectivity index (χ2n) is 4.49. The van der Waals surface area contributed by atoms with Gasteiger partial charge in [0, 0.05) is 6.07 Å². The number of hydrogen-bond donors (Lipinski definition) is 1. The molecule has 0 spiro atoms. The number of nitriles is 1. The quantitative estimate of drug-likeness (QED) is 0.929. The van der Waals surface area contributed by atoms with Crippen LogP contribution in [0, 0.1) is 24.1 Å². The first-order valence-corrected chi connectivity index (χ1v) is 6.17. The molecule has 0 heterocycles. The highest BCUT2D eigenvalue weighted by molar-refractivity contribution is 5.36. The summed E-state index contributed by atoms with van der Waals surface area (Å²) in [6, 6.07) is 13.2. The number of benzene rings is 2. The fourth-order valence-electron chi connectivity index (χ4n) is 1.74. The lowest BCUT2D eigenvalue weighted by atomic mass is 10.1. The summed E-state index contributed by atoms with van der Waals surface area (Å²) in [6.07, 6.45) is -0.783. The van der Waals surface area contributed by atoms with Crippen LogP contribution in [0.4, 0.5) is 4.39 Å². The summed E-state index contributed by atoms with van der Waals surface area (Å²) in [5.74, 6) is -0.345. The van der Waals surface area contributed by atoms with Crippen molar-refractivity contribution in [3.63, 3.8) is 0 Å². The Kier molecular flexibility index (Phi) is 4.34. The molecule has 4 heteroatoms. The van der Waals surface area contributed by atoms with E-state index in [1.54, 1.807) is 6.07 Å². The van der Waals surface area contributed by atoms with Crippen molar-refractivity contribution >= 4 is 0 Å². The first-order valence-electron chi connectivity index (χ1n) is 6.17. The zero-order chi connectivity index (χ0) is 14.5. The van der Waals surface area contributed by atoms with E-state index in [0.717, 1.165) is 17.2 Å². The summed E-state index contributed by atoms with van der Waals surface area (Å²) in [5.41, 5.74) is 1.82. The van der Waals surface area contributed by atoms with Gasteiger partial charge in [0.1, 0.15) is 30.3 Å². The van der Waals surface area contributed by atoms with Crippen molar-refractivity contribution in [1.82, 2.24) is 0 Å². The molecule has 0 amide bonds. The summed E-state index contributed by atoms with van der Waals surface area (Å²) in [7, 11) is 0. The molecule has 0 aliphatic carbocycles. The molecule has 0 aliphatic heterocycles. The normalized spacial score (nSPS) is 11.7. The van der Waals surface area contributed by atoms with E-state index in [1.807, 2.05) is 31.2 Å². The fourth-order valence-corrected chi connectivity index (χ4v) is 1.74. The van der Waals surface area contributed by atoms with Gasteiger partial charge in [0.05, 0.1) is 5.56 Å². The first kappa shape index (κ1) is 14.0. The van der Waals surface area contributed by atoms with Gasteiger partial charge in [0.25, 0.3) is 0 Å². The van der Waals surface area contributed by atoms with Crippen LogP contribution >= 0.6 is 0 Å². The van der Waals surface area contributed by atoms with Crippen molar-refractivity contribution in [2.24, 2.45) is 0 Å². The standard InChI is InChI=1S/C16H14FNO2/c1-11-2-4-12(5-3-11)16(19)10-20-14-7-6-13(9-18)15(17)8-14/h2-8,16,19H,10H2,1H3. The molecule has 1 unspecified atom stereocenters. The maximum atomic E-state index is 13.4. The number of aliphatic hydroxyl groups is 1. The molecule has 2 aromatic carbocycles. The minimum absolute atomic E-state index is 0.0222. The predicted octanol–water partition coefficient (Wildman–Crippen LogP) is 3.12. The summed E-state index contributed by atoms with van der Waals surface area (Å²) in [4.78, 5) is 0. The lowest BCUT2D eigenvalue weighted by Gasteiger charge is -2.13. The maximum Gasteiger partial charge on any atom is 0.144 e. The molecule has 0 bridgehead atoms. The Hall–Kier alpha value is -2.38. The SMILES string of the molecule is Cc1ccc(C(O)COc2ccc(C#N)c(F)c2)cc1. The average molecular weight is 271 g/mol. The highest BCUT2D eigenvalue weighted by Gasteiger charge is 2.09. The Bertz CT molecular complexity index is 632. The first-order chi connectivity index (χ1) is 9.60. The lowest BCUT2D eigenvalue weighted by molar-refractivity contribution is 0.108. The van der Waals surface area contributed by atoms with Crippen molar-refractivity contribution in [3.8, 4) is 11.8 Å². The molecule has 1 N–H and O–H groups in total. The second-order valence-corrected chi connectivity index (χ2v) is 4.49. The molecule has 0 fully saturated rings. The summed E-state index contributed by atoms with van der Waals surface area (Å²) >= 11 is 0. The van der Waals surface area contributed by atoms with Crippen molar-refractivity contribution in [2.45, 2.75) is 13.0 Å². The molecule has 1 atom stereocenters. The summed E-state index contributed by atoms with van der Waals surface area (Å²) in [5, 5.41) is 18.6. The van der Waals surface area contributed by atoms with E-state index in [4.69, 9.17) is 10.00 Å². The average Bonchev–Trinajstić information content (AvgIpc) is 2.45. The van der Waals surface area contributed by atoms with E-state index >= 15 is 0 Å². The molecule has 0 aromatic heterocycles. The van der Waals surface area contributed by atoms with Crippen molar-refractivity contribution in [2.75, 3.05) is 6.61 Å². The van der Waals surface area contributed by atoms with E-state index < -0.39 is 11.9 Å². The third-order valence-electron chi connectivity index (χ3n) is 2.93. The van der Waals surface area contributed by atoms with E-state index in [0.29, 0.717) is 0 Å². The molecule has 0 saturated carbocycles. The largest absolute Gasteiger partial charge is 0.490 e. The van der Waals surface area contributed by atoms with Gasteiger partial charge in [-0.25, -0.2) is 4.39 Å². The molecule has 20 heavy (non-hydrogen) atoms. The molecule has 2 rings (SSSR count). The van der Waals surface area contributed by atoms with E-state index in [9.17, 15) is 9.50 Å². The third-order valence-corrected chi connectivity index (χ3v) is 2.93. The van der Waals surface area contributed by atoms with Crippen molar-refractivity contribution in [1.29, 1.82) is 5.26 Å². The van der Waals surface area contributed by atoms with Gasteiger partial charge < -0.3 is 9.84 Å². The van der Waals surface area contributed by atoms with Crippen molar-refractivity contribution in [3.05, 3.63) is 65.0 Å². The smallest absolute Gasteiger partial charge is 0.144 e. The minimum Gasteiger partial charge on any atom is -0.490 e. The molecule has 2 aromatic rings. The van der Waals surface area contributed by atoms with Gasteiger partial charge in [-0.05, 0) is 24.6 Å². The van der Waals surface area contributed by atoms with Crippen LogP contribution in [-0.4, -0.2) is 11.7 Å². The number of rotatable bonds is 4. The topological polar surface area (TPSA) is 53.2 Å². The van der Waals surface area contributed by atoms with Gasteiger partial charge in [-0.2, -0.15) is 5.26 Å². The summed E-state index contributed by atoms with van der Waals surface area (Å²) in [6.45, 7) is 1.99. The number of aliphatic hydroxyl groups excluding tert-OH is 1. The molecular formula is C16H14FNO2. The number of aryl methyl sites for hydroxylation is 1. The van der Waals surface area contributed by atoms with Gasteiger partial charge in [0.2, 0.25) is 0 Å². The van der Waals surface area contributed by atoms with E-state index in [2.05, 4.69) is 0 Å². The van der Waals surface area contributed by atoms with Crippen molar-refractivity contribution < 1.29 is 14.2 Å². The number of hydrogen-bond acceptors (Lipinski definition) is 3. The Balaban J connectivity index is 2.00. The highest BCUT2D eigenvalue weighted by atomic mass is 19.1. The van der Waals surface area contributed by atoms with Gasteiger partial charge in [0.15, 0.2) is 0 Å². The van der Waals surface area contributed by atoms with Crippen LogP contribution in [0.5, 0.6) is 5.75 Å². The third kappa shape index (κ3) is 3.34.